The lowest BCUT2D eigenvalue weighted by Crippen LogP contribution is -2.49. The Hall–Kier alpha value is -6.91. The normalized spacial score (nSPS) is 21.1. The highest BCUT2D eigenvalue weighted by Gasteiger charge is 2.56. The van der Waals surface area contributed by atoms with E-state index in [1.54, 1.807) is 37.6 Å². The number of methoxy groups -OCH3 is 1. The van der Waals surface area contributed by atoms with Crippen molar-refractivity contribution in [2.45, 2.75) is 75.8 Å². The van der Waals surface area contributed by atoms with Gasteiger partial charge >= 0.3 is 0 Å². The highest BCUT2D eigenvalue weighted by atomic mass is 19.1. The van der Waals surface area contributed by atoms with Gasteiger partial charge in [-0.3, -0.25) is 44.1 Å². The van der Waals surface area contributed by atoms with E-state index in [0.29, 0.717) is 73.0 Å². The molecule has 15 nitrogen and oxygen atoms in total. The van der Waals surface area contributed by atoms with Gasteiger partial charge in [-0.25, -0.2) is 4.39 Å². The highest BCUT2D eigenvalue weighted by molar-refractivity contribution is 6.17. The van der Waals surface area contributed by atoms with Crippen molar-refractivity contribution in [2.24, 2.45) is 11.3 Å². The first kappa shape index (κ1) is 46.8. The number of rotatable bonds is 18. The fourth-order valence-electron chi connectivity index (χ4n) is 10.7. The number of benzene rings is 4. The van der Waals surface area contributed by atoms with Gasteiger partial charge in [0.1, 0.15) is 28.5 Å². The maximum absolute atomic E-state index is 13.3. The first-order valence-corrected chi connectivity index (χ1v) is 24.6. The third kappa shape index (κ3) is 10.3. The van der Waals surface area contributed by atoms with Crippen molar-refractivity contribution in [3.05, 3.63) is 109 Å². The number of nitrogens with zero attached hydrogens (tertiary/aromatic N) is 4. The number of imide groups is 1. The van der Waals surface area contributed by atoms with Crippen LogP contribution in [0, 0.1) is 17.2 Å². The van der Waals surface area contributed by atoms with E-state index in [1.165, 1.54) is 30.7 Å². The van der Waals surface area contributed by atoms with Crippen molar-refractivity contribution in [3.8, 4) is 17.2 Å². The molecule has 4 saturated heterocycles. The number of carbonyl (C=O) groups is 5. The smallest absolute Gasteiger partial charge is 0.240 e. The molecule has 364 valence electrons. The average molecular weight is 951 g/mol. The number of aromatic nitrogens is 1. The molecular formula is C54H59FN8O7. The fourth-order valence-corrected chi connectivity index (χ4v) is 10.7. The second-order valence-corrected chi connectivity index (χ2v) is 19.5. The number of halogens is 1. The number of fused-ring (bicyclic) bond motifs is 3. The van der Waals surface area contributed by atoms with Gasteiger partial charge in [-0.05, 0) is 142 Å². The van der Waals surface area contributed by atoms with Crippen molar-refractivity contribution < 1.29 is 37.8 Å². The summed E-state index contributed by atoms with van der Waals surface area (Å²) in [6, 6.07) is 27.1. The Bertz CT molecular complexity index is 2760. The summed E-state index contributed by atoms with van der Waals surface area (Å²) in [6.45, 7) is 6.34. The van der Waals surface area contributed by atoms with Crippen LogP contribution in [-0.4, -0.2) is 109 Å². The molecule has 70 heavy (non-hydrogen) atoms. The maximum Gasteiger partial charge on any atom is 0.240 e. The third-order valence-electron chi connectivity index (χ3n) is 14.9. The number of hydrogen-bond donors (Lipinski definition) is 4. The number of ketones is 1. The summed E-state index contributed by atoms with van der Waals surface area (Å²) >= 11 is 0. The van der Waals surface area contributed by atoms with Crippen molar-refractivity contribution in [1.82, 2.24) is 20.1 Å². The molecule has 1 saturated carbocycles. The molecule has 5 fully saturated rings. The minimum absolute atomic E-state index is 0.186. The lowest BCUT2D eigenvalue weighted by Gasteiger charge is -2.39. The van der Waals surface area contributed by atoms with Gasteiger partial charge in [-0.1, -0.05) is 12.1 Å². The van der Waals surface area contributed by atoms with E-state index in [2.05, 4.69) is 42.0 Å². The number of likely N-dealkylation sites (tertiary alicyclic amines) is 2. The summed E-state index contributed by atoms with van der Waals surface area (Å²) < 4.78 is 25.7. The summed E-state index contributed by atoms with van der Waals surface area (Å²) in [5, 5.41) is 12.1. The minimum Gasteiger partial charge on any atom is -0.495 e. The Labute approximate surface area is 406 Å². The van der Waals surface area contributed by atoms with E-state index in [0.717, 1.165) is 92.1 Å². The van der Waals surface area contributed by atoms with Crippen molar-refractivity contribution in [1.29, 1.82) is 0 Å². The second kappa shape index (κ2) is 20.2. The van der Waals surface area contributed by atoms with Gasteiger partial charge in [0.25, 0.3) is 0 Å². The maximum atomic E-state index is 13.3. The molecule has 4 N–H and O–H groups in total. The van der Waals surface area contributed by atoms with Gasteiger partial charge < -0.3 is 30.3 Å². The molecule has 2 bridgehead atoms. The Morgan fingerprint density at radius 1 is 0.814 bits per heavy atom. The molecule has 3 atom stereocenters. The van der Waals surface area contributed by atoms with Gasteiger partial charge in [0, 0.05) is 86.3 Å². The Kier molecular flexibility index (Phi) is 13.5. The molecular weight excluding hydrogens is 892 g/mol. The van der Waals surface area contributed by atoms with Crippen molar-refractivity contribution >= 4 is 63.1 Å². The molecule has 10 rings (SSSR count). The minimum atomic E-state index is -1.17. The monoisotopic (exact) mass is 950 g/mol. The lowest BCUT2D eigenvalue weighted by atomic mass is 9.90. The molecule has 0 radical (unpaired) electrons. The number of anilines is 4. The molecule has 5 heterocycles. The predicted octanol–water partition coefficient (Wildman–Crippen LogP) is 7.49. The molecule has 1 aromatic heterocycles. The van der Waals surface area contributed by atoms with E-state index in [4.69, 9.17) is 14.5 Å². The second-order valence-electron chi connectivity index (χ2n) is 19.5. The summed E-state index contributed by atoms with van der Waals surface area (Å²) in [4.78, 5) is 75.1. The number of amides is 4. The zero-order chi connectivity index (χ0) is 48.4. The number of pyridine rings is 1. The molecule has 1 unspecified atom stereocenters. The number of nitrogens with one attached hydrogen (secondary N) is 4. The van der Waals surface area contributed by atoms with Gasteiger partial charge in [-0.2, -0.15) is 0 Å². The largest absolute Gasteiger partial charge is 0.495 e. The fraction of sp³-hybridized carbons (Fsp3) is 0.407. The zero-order valence-corrected chi connectivity index (χ0v) is 39.4. The van der Waals surface area contributed by atoms with Crippen LogP contribution in [0.4, 0.5) is 27.1 Å². The summed E-state index contributed by atoms with van der Waals surface area (Å²) in [5.74, 6) is 0.753. The Morgan fingerprint density at radius 3 is 2.14 bits per heavy atom. The van der Waals surface area contributed by atoms with Crippen LogP contribution < -0.4 is 35.6 Å². The van der Waals surface area contributed by atoms with E-state index in [-0.39, 0.29) is 36.0 Å². The predicted molar refractivity (Wildman–Crippen MR) is 265 cm³/mol. The number of piperidine rings is 2. The van der Waals surface area contributed by atoms with E-state index >= 15 is 0 Å². The highest BCUT2D eigenvalue weighted by Crippen LogP contribution is 2.48. The zero-order valence-electron chi connectivity index (χ0n) is 39.4. The van der Waals surface area contributed by atoms with Crippen LogP contribution >= 0.6 is 0 Å². The quantitative estimate of drug-likeness (QED) is 0.0504. The number of piperazine rings is 1. The first-order valence-electron chi connectivity index (χ1n) is 24.6. The van der Waals surface area contributed by atoms with Crippen LogP contribution in [0.5, 0.6) is 17.2 Å². The molecule has 16 heteroatoms. The van der Waals surface area contributed by atoms with Crippen molar-refractivity contribution in [2.75, 3.05) is 73.8 Å². The van der Waals surface area contributed by atoms with Crippen LogP contribution in [0.25, 0.3) is 10.9 Å². The van der Waals surface area contributed by atoms with Gasteiger partial charge in [0.2, 0.25) is 23.6 Å². The lowest BCUT2D eigenvalue weighted by molar-refractivity contribution is -0.134. The summed E-state index contributed by atoms with van der Waals surface area (Å²) in [5.41, 5.74) is 3.33. The topological polar surface area (TPSA) is 175 Å². The molecule has 4 aliphatic heterocycles. The number of carbonyl (C=O) groups excluding carboxylic acids is 5. The average Bonchev–Trinajstić information content (AvgIpc) is 3.98. The van der Waals surface area contributed by atoms with Crippen molar-refractivity contribution in [3.63, 3.8) is 0 Å². The third-order valence-corrected chi connectivity index (χ3v) is 14.9. The van der Waals surface area contributed by atoms with Crippen LogP contribution in [0.2, 0.25) is 0 Å². The van der Waals surface area contributed by atoms with Crippen LogP contribution in [0.1, 0.15) is 69.3 Å². The van der Waals surface area contributed by atoms with E-state index in [9.17, 15) is 28.4 Å². The molecule has 4 aromatic carbocycles. The van der Waals surface area contributed by atoms with E-state index < -0.39 is 17.1 Å². The number of Topliss-reactive ketones (excluding diaryl/α,β-unsaturated/α-hetero) is 1. The van der Waals surface area contributed by atoms with Gasteiger partial charge in [0.15, 0.2) is 5.78 Å². The molecule has 1 aliphatic carbocycles. The van der Waals surface area contributed by atoms with Gasteiger partial charge in [-0.15, -0.1) is 0 Å². The standard InChI is InChI=1S/C54H59FN8O7/c1-69-49-28-45-46(56-23-18-48(45)70-43-14-12-39(13-15-43)59-53(68)54(21-22-54)52(67)58-38-10-6-36(55)7-11-38)29-47(49)61-25-19-34(20-26-61)31-63-33-40-27-41(63)32-62(40)24-2-3-42(64)30-57-37-8-4-35(5-9-37)44-16-17-50(65)60-51(44)66/h4-15,18,23,28-29,34,40-41,44,57H,2-3,16-17,19-22,24-27,30-33H2,1H3,(H,58,67)(H,59,68)(H,60,65,66)/t40-,41-,44?/m0/s1. The Balaban J connectivity index is 0.657. The first-order chi connectivity index (χ1) is 34.0. The van der Waals surface area contributed by atoms with Gasteiger partial charge in [0.05, 0.1) is 30.8 Å². The summed E-state index contributed by atoms with van der Waals surface area (Å²) in [6.07, 6.45) is 8.23. The molecule has 5 aromatic rings. The Morgan fingerprint density at radius 2 is 1.49 bits per heavy atom. The van der Waals surface area contributed by atoms with Crippen LogP contribution in [-0.2, 0) is 24.0 Å². The molecule has 4 amide bonds. The molecule has 0 spiro atoms. The summed E-state index contributed by atoms with van der Waals surface area (Å²) in [7, 11) is 1.69. The number of ether oxygens (including phenoxy) is 2. The van der Waals surface area contributed by atoms with Crippen LogP contribution in [0.15, 0.2) is 97.2 Å². The van der Waals surface area contributed by atoms with Crippen LogP contribution in [0.3, 0.4) is 0 Å². The van der Waals surface area contributed by atoms with E-state index in [1.807, 2.05) is 36.4 Å². The number of hydrogen-bond acceptors (Lipinski definition) is 12. The SMILES string of the molecule is COc1cc2c(Oc3ccc(NC(=O)C4(C(=O)Nc5ccc(F)cc5)CC4)cc3)ccnc2cc1N1CCC(CN2C[C@@H]3C[C@H]2CN3CCCC(=O)CNc2ccc(C3CCC(=O)NC3=O)cc2)CC1. The molecule has 5 aliphatic rings.